The van der Waals surface area contributed by atoms with E-state index < -0.39 is 0 Å². The van der Waals surface area contributed by atoms with Gasteiger partial charge in [-0.15, -0.1) is 0 Å². The third-order valence-electron chi connectivity index (χ3n) is 2.99. The molecular formula is C14H25N3O. The lowest BCUT2D eigenvalue weighted by Crippen LogP contribution is -2.27. The summed E-state index contributed by atoms with van der Waals surface area (Å²) in [7, 11) is 5.87. The van der Waals surface area contributed by atoms with Crippen molar-refractivity contribution in [2.24, 2.45) is 0 Å². The molecular weight excluding hydrogens is 226 g/mol. The second-order valence-corrected chi connectivity index (χ2v) is 4.66. The van der Waals surface area contributed by atoms with E-state index in [-0.39, 0.29) is 0 Å². The van der Waals surface area contributed by atoms with Crippen LogP contribution in [0.2, 0.25) is 0 Å². The molecule has 1 aromatic rings. The quantitative estimate of drug-likeness (QED) is 0.753. The van der Waals surface area contributed by atoms with Gasteiger partial charge in [0, 0.05) is 19.2 Å². The Balaban J connectivity index is 2.74. The number of nitrogens with two attached hydrogens (primary N) is 1. The summed E-state index contributed by atoms with van der Waals surface area (Å²) in [6, 6.07) is 5.81. The van der Waals surface area contributed by atoms with Gasteiger partial charge in [0.05, 0.1) is 18.5 Å². The topological polar surface area (TPSA) is 41.7 Å². The van der Waals surface area contributed by atoms with Crippen molar-refractivity contribution >= 4 is 11.4 Å². The number of hydrogen-bond acceptors (Lipinski definition) is 4. The van der Waals surface area contributed by atoms with E-state index in [2.05, 4.69) is 30.8 Å². The average molecular weight is 251 g/mol. The van der Waals surface area contributed by atoms with E-state index in [1.54, 1.807) is 7.11 Å². The Hall–Kier alpha value is -1.42. The van der Waals surface area contributed by atoms with Crippen molar-refractivity contribution in [3.05, 3.63) is 18.2 Å². The Morgan fingerprint density at radius 1 is 1.22 bits per heavy atom. The van der Waals surface area contributed by atoms with Crippen LogP contribution in [0.5, 0.6) is 5.75 Å². The molecule has 0 saturated carbocycles. The maximum Gasteiger partial charge on any atom is 0.121 e. The summed E-state index contributed by atoms with van der Waals surface area (Å²) < 4.78 is 5.26. The van der Waals surface area contributed by atoms with Gasteiger partial charge >= 0.3 is 0 Å². The Morgan fingerprint density at radius 3 is 2.50 bits per heavy atom. The summed E-state index contributed by atoms with van der Waals surface area (Å²) >= 11 is 0. The molecule has 0 aromatic heterocycles. The van der Waals surface area contributed by atoms with E-state index in [4.69, 9.17) is 10.5 Å². The van der Waals surface area contributed by atoms with Crippen molar-refractivity contribution in [1.29, 1.82) is 0 Å². The van der Waals surface area contributed by atoms with Crippen LogP contribution >= 0.6 is 0 Å². The number of hydrogen-bond donors (Lipinski definition) is 1. The monoisotopic (exact) mass is 251 g/mol. The molecule has 0 aliphatic rings. The molecule has 0 bridgehead atoms. The van der Waals surface area contributed by atoms with Crippen molar-refractivity contribution in [2.75, 3.05) is 51.5 Å². The molecule has 4 heteroatoms. The molecule has 0 saturated heterocycles. The molecule has 102 valence electrons. The van der Waals surface area contributed by atoms with Crippen LogP contribution in [0.3, 0.4) is 0 Å². The van der Waals surface area contributed by atoms with Crippen LogP contribution in [-0.4, -0.2) is 45.7 Å². The van der Waals surface area contributed by atoms with Gasteiger partial charge in [-0.25, -0.2) is 0 Å². The zero-order valence-corrected chi connectivity index (χ0v) is 11.9. The first kappa shape index (κ1) is 14.6. The van der Waals surface area contributed by atoms with E-state index in [1.165, 1.54) is 0 Å². The maximum atomic E-state index is 6.04. The van der Waals surface area contributed by atoms with Crippen molar-refractivity contribution in [3.8, 4) is 5.75 Å². The summed E-state index contributed by atoms with van der Waals surface area (Å²) in [5, 5.41) is 0. The number of anilines is 2. The highest BCUT2D eigenvalue weighted by Gasteiger charge is 2.09. The van der Waals surface area contributed by atoms with E-state index in [0.717, 1.165) is 43.2 Å². The summed E-state index contributed by atoms with van der Waals surface area (Å²) in [5.41, 5.74) is 7.92. The number of nitrogens with zero attached hydrogens (tertiary/aromatic N) is 2. The third-order valence-corrected chi connectivity index (χ3v) is 2.99. The van der Waals surface area contributed by atoms with Gasteiger partial charge in [0.1, 0.15) is 5.75 Å². The van der Waals surface area contributed by atoms with Crippen LogP contribution in [0.25, 0.3) is 0 Å². The highest BCUT2D eigenvalue weighted by Crippen LogP contribution is 2.28. The molecule has 1 rings (SSSR count). The molecule has 0 aliphatic carbocycles. The summed E-state index contributed by atoms with van der Waals surface area (Å²) in [6.45, 7) is 5.19. The summed E-state index contributed by atoms with van der Waals surface area (Å²) in [4.78, 5) is 4.49. The van der Waals surface area contributed by atoms with Gasteiger partial charge in [0.15, 0.2) is 0 Å². The van der Waals surface area contributed by atoms with Crippen molar-refractivity contribution in [3.63, 3.8) is 0 Å². The zero-order chi connectivity index (χ0) is 13.5. The molecule has 0 spiro atoms. The molecule has 4 nitrogen and oxygen atoms in total. The highest BCUT2D eigenvalue weighted by atomic mass is 16.5. The SMILES string of the molecule is CCN(CCCN(C)C)c1cc(OC)ccc1N. The predicted octanol–water partition coefficient (Wildman–Crippen LogP) is 2.06. The van der Waals surface area contributed by atoms with Crippen LogP contribution < -0.4 is 15.4 Å². The molecule has 0 atom stereocenters. The Bertz CT molecular complexity index is 366. The van der Waals surface area contributed by atoms with Crippen LogP contribution in [0.15, 0.2) is 18.2 Å². The molecule has 18 heavy (non-hydrogen) atoms. The normalized spacial score (nSPS) is 10.7. The number of nitrogen functional groups attached to an aromatic ring is 1. The van der Waals surface area contributed by atoms with Gasteiger partial charge in [-0.2, -0.15) is 0 Å². The summed E-state index contributed by atoms with van der Waals surface area (Å²) in [5.74, 6) is 0.852. The van der Waals surface area contributed by atoms with Crippen molar-refractivity contribution < 1.29 is 4.74 Å². The standard InChI is InChI=1S/C14H25N3O/c1-5-17(10-6-9-16(2)3)14-11-12(18-4)7-8-13(14)15/h7-8,11H,5-6,9-10,15H2,1-4H3. The maximum absolute atomic E-state index is 6.04. The zero-order valence-electron chi connectivity index (χ0n) is 11.9. The first-order valence-electron chi connectivity index (χ1n) is 6.41. The fourth-order valence-electron chi connectivity index (χ4n) is 1.95. The Kier molecular flexibility index (Phi) is 5.78. The first-order valence-corrected chi connectivity index (χ1v) is 6.41. The molecule has 0 unspecified atom stereocenters. The first-order chi connectivity index (χ1) is 8.58. The number of rotatable bonds is 7. The van der Waals surface area contributed by atoms with E-state index in [0.29, 0.717) is 0 Å². The van der Waals surface area contributed by atoms with Crippen molar-refractivity contribution in [1.82, 2.24) is 4.90 Å². The minimum absolute atomic E-state index is 0.808. The minimum atomic E-state index is 0.808. The molecule has 2 N–H and O–H groups in total. The largest absolute Gasteiger partial charge is 0.497 e. The van der Waals surface area contributed by atoms with Crippen LogP contribution in [0, 0.1) is 0 Å². The van der Waals surface area contributed by atoms with Crippen LogP contribution in [0.4, 0.5) is 11.4 Å². The van der Waals surface area contributed by atoms with Gasteiger partial charge < -0.3 is 20.3 Å². The number of ether oxygens (including phenoxy) is 1. The lowest BCUT2D eigenvalue weighted by atomic mass is 10.2. The van der Waals surface area contributed by atoms with Gasteiger partial charge in [-0.05, 0) is 46.1 Å². The fourth-order valence-corrected chi connectivity index (χ4v) is 1.95. The van der Waals surface area contributed by atoms with E-state index in [1.807, 2.05) is 18.2 Å². The molecule has 1 aromatic carbocycles. The van der Waals surface area contributed by atoms with Crippen LogP contribution in [-0.2, 0) is 0 Å². The Labute approximate surface area is 110 Å². The number of benzene rings is 1. The lowest BCUT2D eigenvalue weighted by Gasteiger charge is -2.25. The summed E-state index contributed by atoms with van der Waals surface area (Å²) in [6.07, 6.45) is 1.12. The van der Waals surface area contributed by atoms with Gasteiger partial charge in [0.25, 0.3) is 0 Å². The predicted molar refractivity (Wildman–Crippen MR) is 78.5 cm³/mol. The van der Waals surface area contributed by atoms with Gasteiger partial charge in [-0.1, -0.05) is 0 Å². The second kappa shape index (κ2) is 7.11. The average Bonchev–Trinajstić information content (AvgIpc) is 2.35. The van der Waals surface area contributed by atoms with Gasteiger partial charge in [-0.3, -0.25) is 0 Å². The fraction of sp³-hybridized carbons (Fsp3) is 0.571. The molecule has 0 fully saturated rings. The number of methoxy groups -OCH3 is 1. The van der Waals surface area contributed by atoms with E-state index in [9.17, 15) is 0 Å². The molecule has 0 radical (unpaired) electrons. The molecule has 0 aliphatic heterocycles. The second-order valence-electron chi connectivity index (χ2n) is 4.66. The smallest absolute Gasteiger partial charge is 0.121 e. The van der Waals surface area contributed by atoms with E-state index >= 15 is 0 Å². The molecule has 0 amide bonds. The van der Waals surface area contributed by atoms with Gasteiger partial charge in [0.2, 0.25) is 0 Å². The molecule has 0 heterocycles. The highest BCUT2D eigenvalue weighted by molar-refractivity contribution is 5.69. The van der Waals surface area contributed by atoms with Crippen molar-refractivity contribution in [2.45, 2.75) is 13.3 Å². The third kappa shape index (κ3) is 4.11. The minimum Gasteiger partial charge on any atom is -0.497 e. The Morgan fingerprint density at radius 2 is 1.94 bits per heavy atom. The lowest BCUT2D eigenvalue weighted by molar-refractivity contribution is 0.400. The van der Waals surface area contributed by atoms with Crippen LogP contribution in [0.1, 0.15) is 13.3 Å².